The number of nitrogens with zero attached hydrogens (tertiary/aromatic N) is 1. The van der Waals surface area contributed by atoms with Crippen molar-refractivity contribution >= 4 is 0 Å². The van der Waals surface area contributed by atoms with E-state index < -0.39 is 0 Å². The van der Waals surface area contributed by atoms with Gasteiger partial charge in [0.2, 0.25) is 0 Å². The first kappa shape index (κ1) is 10.9. The summed E-state index contributed by atoms with van der Waals surface area (Å²) in [6.45, 7) is 4.12. The van der Waals surface area contributed by atoms with Gasteiger partial charge in [-0.3, -0.25) is 0 Å². The van der Waals surface area contributed by atoms with Gasteiger partial charge in [-0.25, -0.2) is 0 Å². The number of nitrogens with one attached hydrogen (secondary N) is 1. The Labute approximate surface area is 95.5 Å². The molecule has 3 nitrogen and oxygen atoms in total. The molecule has 1 atom stereocenters. The molecule has 1 aromatic carbocycles. The maximum absolute atomic E-state index is 5.34. The van der Waals surface area contributed by atoms with Gasteiger partial charge in [-0.2, -0.15) is 0 Å². The fourth-order valence-corrected chi connectivity index (χ4v) is 1.58. The Morgan fingerprint density at radius 1 is 1.31 bits per heavy atom. The lowest BCUT2D eigenvalue weighted by molar-refractivity contribution is 0.413. The monoisotopic (exact) mass is 216 g/mol. The van der Waals surface area contributed by atoms with Crippen molar-refractivity contribution in [3.63, 3.8) is 0 Å². The third-order valence-corrected chi connectivity index (χ3v) is 2.71. The van der Waals surface area contributed by atoms with Crippen LogP contribution in [-0.4, -0.2) is 12.2 Å². The summed E-state index contributed by atoms with van der Waals surface area (Å²) in [7, 11) is 1.91. The number of hydrogen-bond acceptors (Lipinski definition) is 3. The van der Waals surface area contributed by atoms with Crippen LogP contribution in [0.5, 0.6) is 0 Å². The Morgan fingerprint density at radius 2 is 2.12 bits per heavy atom. The third-order valence-electron chi connectivity index (χ3n) is 2.71. The number of rotatable bonds is 3. The van der Waals surface area contributed by atoms with Gasteiger partial charge >= 0.3 is 0 Å². The van der Waals surface area contributed by atoms with Crippen molar-refractivity contribution in [1.29, 1.82) is 0 Å². The molecule has 0 fully saturated rings. The van der Waals surface area contributed by atoms with E-state index >= 15 is 0 Å². The van der Waals surface area contributed by atoms with E-state index in [2.05, 4.69) is 36.5 Å². The van der Waals surface area contributed by atoms with Gasteiger partial charge < -0.3 is 9.84 Å². The molecule has 0 aliphatic carbocycles. The van der Waals surface area contributed by atoms with Crippen LogP contribution in [0.3, 0.4) is 0 Å². The van der Waals surface area contributed by atoms with E-state index in [9.17, 15) is 0 Å². The molecule has 0 saturated heterocycles. The quantitative estimate of drug-likeness (QED) is 0.857. The minimum atomic E-state index is 0.210. The topological polar surface area (TPSA) is 38.1 Å². The molecule has 0 aliphatic rings. The molecule has 2 rings (SSSR count). The van der Waals surface area contributed by atoms with Gasteiger partial charge in [0.1, 0.15) is 5.69 Å². The van der Waals surface area contributed by atoms with Crippen molar-refractivity contribution in [1.82, 2.24) is 10.5 Å². The van der Waals surface area contributed by atoms with Crippen LogP contribution in [0, 0.1) is 6.92 Å². The summed E-state index contributed by atoms with van der Waals surface area (Å²) < 4.78 is 5.34. The van der Waals surface area contributed by atoms with E-state index in [-0.39, 0.29) is 6.04 Å². The van der Waals surface area contributed by atoms with Crippen LogP contribution < -0.4 is 5.32 Å². The highest BCUT2D eigenvalue weighted by Gasteiger charge is 2.10. The van der Waals surface area contributed by atoms with Crippen molar-refractivity contribution in [3.05, 3.63) is 41.6 Å². The first-order valence-electron chi connectivity index (χ1n) is 5.41. The Morgan fingerprint density at radius 3 is 2.81 bits per heavy atom. The first-order chi connectivity index (χ1) is 7.70. The molecule has 0 spiro atoms. The van der Waals surface area contributed by atoms with E-state index in [0.29, 0.717) is 0 Å². The zero-order valence-electron chi connectivity index (χ0n) is 9.82. The average molecular weight is 216 g/mol. The lowest BCUT2D eigenvalue weighted by atomic mass is 10.1. The second-order valence-corrected chi connectivity index (χ2v) is 4.00. The zero-order valence-corrected chi connectivity index (χ0v) is 9.82. The van der Waals surface area contributed by atoms with Crippen molar-refractivity contribution in [3.8, 4) is 11.3 Å². The van der Waals surface area contributed by atoms with Gasteiger partial charge in [-0.1, -0.05) is 28.9 Å². The largest absolute Gasteiger partial charge is 0.356 e. The van der Waals surface area contributed by atoms with Crippen molar-refractivity contribution in [2.75, 3.05) is 7.05 Å². The summed E-state index contributed by atoms with van der Waals surface area (Å²) in [6.07, 6.45) is 0. The second kappa shape index (κ2) is 4.49. The maximum atomic E-state index is 5.34. The minimum absolute atomic E-state index is 0.210. The Kier molecular flexibility index (Phi) is 3.06. The highest BCUT2D eigenvalue weighted by molar-refractivity contribution is 5.58. The van der Waals surface area contributed by atoms with E-state index in [4.69, 9.17) is 4.52 Å². The van der Waals surface area contributed by atoms with Gasteiger partial charge in [0.15, 0.2) is 5.76 Å². The van der Waals surface area contributed by atoms with E-state index in [1.807, 2.05) is 25.2 Å². The molecule has 2 aromatic rings. The molecule has 1 unspecified atom stereocenters. The predicted molar refractivity (Wildman–Crippen MR) is 64.2 cm³/mol. The lowest BCUT2D eigenvalue weighted by Crippen LogP contribution is -2.12. The molecule has 0 saturated carbocycles. The molecule has 1 aromatic heterocycles. The molecule has 0 radical (unpaired) electrons. The molecule has 3 heteroatoms. The smallest absolute Gasteiger partial charge is 0.167 e. The number of aromatic nitrogens is 1. The minimum Gasteiger partial charge on any atom is -0.356 e. The molecule has 1 heterocycles. The van der Waals surface area contributed by atoms with Crippen LogP contribution in [0.15, 0.2) is 34.9 Å². The first-order valence-corrected chi connectivity index (χ1v) is 5.41. The Hall–Kier alpha value is -1.61. The fourth-order valence-electron chi connectivity index (χ4n) is 1.58. The summed E-state index contributed by atoms with van der Waals surface area (Å²) in [6, 6.07) is 10.4. The van der Waals surface area contributed by atoms with E-state index in [1.54, 1.807) is 0 Å². The van der Waals surface area contributed by atoms with Crippen molar-refractivity contribution in [2.45, 2.75) is 19.9 Å². The summed E-state index contributed by atoms with van der Waals surface area (Å²) in [4.78, 5) is 0. The highest BCUT2D eigenvalue weighted by Crippen LogP contribution is 2.23. The van der Waals surface area contributed by atoms with Gasteiger partial charge in [-0.15, -0.1) is 0 Å². The molecular formula is C13H16N2O. The van der Waals surface area contributed by atoms with E-state index in [1.165, 1.54) is 5.56 Å². The zero-order chi connectivity index (χ0) is 11.5. The SMILES string of the molecule is CNC(C)c1cc(-c2cccc(C)c2)on1. The predicted octanol–water partition coefficient (Wildman–Crippen LogP) is 2.93. The third kappa shape index (κ3) is 2.14. The van der Waals surface area contributed by atoms with Crippen molar-refractivity contribution < 1.29 is 4.52 Å². The fraction of sp³-hybridized carbons (Fsp3) is 0.308. The van der Waals surface area contributed by atoms with Crippen LogP contribution in [0.4, 0.5) is 0 Å². The van der Waals surface area contributed by atoms with Gasteiger partial charge in [0.05, 0.1) is 0 Å². The number of hydrogen-bond donors (Lipinski definition) is 1. The number of aryl methyl sites for hydroxylation is 1. The van der Waals surface area contributed by atoms with E-state index in [0.717, 1.165) is 17.0 Å². The molecule has 1 N–H and O–H groups in total. The maximum Gasteiger partial charge on any atom is 0.167 e. The van der Waals surface area contributed by atoms with Crippen LogP contribution in [0.1, 0.15) is 24.2 Å². The molecule has 84 valence electrons. The van der Waals surface area contributed by atoms with Crippen LogP contribution in [0.25, 0.3) is 11.3 Å². The van der Waals surface area contributed by atoms with Crippen LogP contribution >= 0.6 is 0 Å². The van der Waals surface area contributed by atoms with Gasteiger partial charge in [0, 0.05) is 17.7 Å². The van der Waals surface area contributed by atoms with Gasteiger partial charge in [0.25, 0.3) is 0 Å². The molecule has 0 amide bonds. The van der Waals surface area contributed by atoms with Crippen LogP contribution in [0.2, 0.25) is 0 Å². The Balaban J connectivity index is 2.31. The standard InChI is InChI=1S/C13H16N2O/c1-9-5-4-6-11(7-9)13-8-12(15-16-13)10(2)14-3/h4-8,10,14H,1-3H3. The van der Waals surface area contributed by atoms with Crippen LogP contribution in [-0.2, 0) is 0 Å². The summed E-state index contributed by atoms with van der Waals surface area (Å²) in [5, 5.41) is 7.19. The molecular weight excluding hydrogens is 200 g/mol. The summed E-state index contributed by atoms with van der Waals surface area (Å²) in [5.74, 6) is 0.820. The molecule has 0 bridgehead atoms. The van der Waals surface area contributed by atoms with Gasteiger partial charge in [-0.05, 0) is 27.0 Å². The second-order valence-electron chi connectivity index (χ2n) is 4.00. The summed E-state index contributed by atoms with van der Waals surface area (Å²) in [5.41, 5.74) is 3.22. The highest BCUT2D eigenvalue weighted by atomic mass is 16.5. The number of benzene rings is 1. The molecule has 16 heavy (non-hydrogen) atoms. The Bertz CT molecular complexity index is 476. The molecule has 0 aliphatic heterocycles. The normalized spacial score (nSPS) is 12.7. The lowest BCUT2D eigenvalue weighted by Gasteiger charge is -2.03. The average Bonchev–Trinajstić information content (AvgIpc) is 2.77. The summed E-state index contributed by atoms with van der Waals surface area (Å²) >= 11 is 0. The van der Waals surface area contributed by atoms with Crippen molar-refractivity contribution in [2.24, 2.45) is 0 Å².